The molecule has 1 N–H and O–H groups in total. The van der Waals surface area contributed by atoms with Crippen molar-refractivity contribution in [3.8, 4) is 0 Å². The van der Waals surface area contributed by atoms with E-state index in [9.17, 15) is 9.90 Å². The summed E-state index contributed by atoms with van der Waals surface area (Å²) < 4.78 is 0. The molecular weight excluding hydrogens is 204 g/mol. The molecule has 0 atom stereocenters. The first-order valence-corrected chi connectivity index (χ1v) is 4.96. The quantitative estimate of drug-likeness (QED) is 0.832. The van der Waals surface area contributed by atoms with Crippen LogP contribution in [0.5, 0.6) is 0 Å². The largest absolute Gasteiger partial charge is 0.331 e. The lowest BCUT2D eigenvalue weighted by atomic mass is 10.2. The second-order valence-corrected chi connectivity index (χ2v) is 3.52. The molecule has 0 fully saturated rings. The normalized spacial score (nSPS) is 10.4. The lowest BCUT2D eigenvalue weighted by Crippen LogP contribution is -2.27. The monoisotopic (exact) mass is 219 g/mol. The summed E-state index contributed by atoms with van der Waals surface area (Å²) in [6, 6.07) is 7.14. The summed E-state index contributed by atoms with van der Waals surface area (Å²) in [4.78, 5) is 12.8. The summed E-state index contributed by atoms with van der Waals surface area (Å²) in [5.74, 6) is 0. The van der Waals surface area contributed by atoms with Gasteiger partial charge >= 0.3 is 6.03 Å². The summed E-state index contributed by atoms with van der Waals surface area (Å²) >= 11 is 0. The summed E-state index contributed by atoms with van der Waals surface area (Å²) in [6.07, 6.45) is 3.27. The maximum atomic E-state index is 11.4. The van der Waals surface area contributed by atoms with E-state index >= 15 is 0 Å². The van der Waals surface area contributed by atoms with Gasteiger partial charge in [0.2, 0.25) is 0 Å². The summed E-state index contributed by atoms with van der Waals surface area (Å²) in [5, 5.41) is 13.0. The van der Waals surface area contributed by atoms with Crippen molar-refractivity contribution in [1.29, 1.82) is 0 Å². The van der Waals surface area contributed by atoms with Crippen LogP contribution >= 0.6 is 0 Å². The van der Waals surface area contributed by atoms with Crippen molar-refractivity contribution in [1.82, 2.24) is 4.90 Å². The summed E-state index contributed by atoms with van der Waals surface area (Å²) in [7, 11) is 3.35. The molecular formula is C12H15N2O2. The van der Waals surface area contributed by atoms with Crippen molar-refractivity contribution in [2.75, 3.05) is 26.0 Å². The molecule has 1 aromatic carbocycles. The number of hydrogen-bond donors (Lipinski definition) is 1. The van der Waals surface area contributed by atoms with Crippen LogP contribution in [0.25, 0.3) is 6.08 Å². The zero-order valence-electron chi connectivity index (χ0n) is 9.43. The third-order valence-electron chi connectivity index (χ3n) is 1.95. The Balaban J connectivity index is 2.74. The van der Waals surface area contributed by atoms with Crippen LogP contribution in [0.2, 0.25) is 0 Å². The van der Waals surface area contributed by atoms with Gasteiger partial charge in [-0.15, -0.1) is 0 Å². The molecule has 0 aliphatic carbocycles. The molecule has 4 heteroatoms. The van der Waals surface area contributed by atoms with Gasteiger partial charge in [0.15, 0.2) is 0 Å². The highest BCUT2D eigenvalue weighted by Gasteiger charge is 2.03. The Bertz CT molecular complexity index is 386. The molecule has 0 unspecified atom stereocenters. The van der Waals surface area contributed by atoms with Gasteiger partial charge in [-0.1, -0.05) is 24.3 Å². The number of amides is 2. The predicted octanol–water partition coefficient (Wildman–Crippen LogP) is 2.22. The Morgan fingerprint density at radius 1 is 1.44 bits per heavy atom. The smallest absolute Gasteiger partial charge is 0.321 e. The highest BCUT2D eigenvalue weighted by Crippen LogP contribution is 2.12. The van der Waals surface area contributed by atoms with Gasteiger partial charge in [0.1, 0.15) is 6.61 Å². The van der Waals surface area contributed by atoms with Crippen LogP contribution in [-0.4, -0.2) is 31.6 Å². The van der Waals surface area contributed by atoms with Crippen LogP contribution in [0.15, 0.2) is 30.3 Å². The Hall–Kier alpha value is -1.81. The molecule has 0 aliphatic rings. The van der Waals surface area contributed by atoms with Crippen LogP contribution < -0.4 is 5.32 Å². The van der Waals surface area contributed by atoms with Crippen molar-refractivity contribution in [2.24, 2.45) is 0 Å². The fourth-order valence-corrected chi connectivity index (χ4v) is 1.14. The van der Waals surface area contributed by atoms with Crippen molar-refractivity contribution in [3.05, 3.63) is 35.9 Å². The standard InChI is InChI=1S/C12H15N2O2/c1-14(2)12(16)13-11-7-3-5-10(9-11)6-4-8-15/h3-7,9H,8H2,1-2H3,(H,13,16). The molecule has 85 valence electrons. The maximum Gasteiger partial charge on any atom is 0.321 e. The van der Waals surface area contributed by atoms with Crippen LogP contribution in [0, 0.1) is 0 Å². The fourth-order valence-electron chi connectivity index (χ4n) is 1.14. The minimum absolute atomic E-state index is 0.176. The Kier molecular flexibility index (Phi) is 4.54. The number of urea groups is 1. The molecule has 0 saturated carbocycles. The number of anilines is 1. The predicted molar refractivity (Wildman–Crippen MR) is 63.7 cm³/mol. The molecule has 16 heavy (non-hydrogen) atoms. The number of nitrogens with zero attached hydrogens (tertiary/aromatic N) is 1. The third kappa shape index (κ3) is 3.74. The van der Waals surface area contributed by atoms with E-state index in [4.69, 9.17) is 0 Å². The molecule has 0 aromatic heterocycles. The van der Waals surface area contributed by atoms with Crippen molar-refractivity contribution >= 4 is 17.8 Å². The summed E-state index contributed by atoms with van der Waals surface area (Å²) in [5.41, 5.74) is 1.61. The SMILES string of the molecule is CN(C)C(=O)Nc1cccc(C=CC[O])c1. The Labute approximate surface area is 95.2 Å². The van der Waals surface area contributed by atoms with E-state index in [1.807, 2.05) is 18.2 Å². The van der Waals surface area contributed by atoms with E-state index in [2.05, 4.69) is 5.32 Å². The molecule has 2 amide bonds. The van der Waals surface area contributed by atoms with Crippen LogP contribution in [0.1, 0.15) is 5.56 Å². The van der Waals surface area contributed by atoms with Gasteiger partial charge in [-0.25, -0.2) is 9.90 Å². The van der Waals surface area contributed by atoms with E-state index in [-0.39, 0.29) is 12.6 Å². The Morgan fingerprint density at radius 2 is 2.19 bits per heavy atom. The fraction of sp³-hybridized carbons (Fsp3) is 0.250. The molecule has 0 aliphatic heterocycles. The average molecular weight is 219 g/mol. The third-order valence-corrected chi connectivity index (χ3v) is 1.95. The van der Waals surface area contributed by atoms with Crippen molar-refractivity contribution in [2.45, 2.75) is 0 Å². The van der Waals surface area contributed by atoms with Gasteiger partial charge in [0.05, 0.1) is 0 Å². The average Bonchev–Trinajstić information content (AvgIpc) is 2.26. The number of rotatable bonds is 3. The maximum absolute atomic E-state index is 11.4. The number of carbonyl (C=O) groups excluding carboxylic acids is 1. The molecule has 4 nitrogen and oxygen atoms in total. The highest BCUT2D eigenvalue weighted by molar-refractivity contribution is 5.89. The number of benzene rings is 1. The van der Waals surface area contributed by atoms with Gasteiger partial charge in [-0.05, 0) is 17.7 Å². The van der Waals surface area contributed by atoms with E-state index < -0.39 is 0 Å². The highest BCUT2D eigenvalue weighted by atomic mass is 16.2. The van der Waals surface area contributed by atoms with Crippen LogP contribution in [-0.2, 0) is 5.11 Å². The minimum Gasteiger partial charge on any atom is -0.331 e. The molecule has 0 bridgehead atoms. The van der Waals surface area contributed by atoms with Crippen LogP contribution in [0.3, 0.4) is 0 Å². The molecule has 1 rings (SSSR count). The van der Waals surface area contributed by atoms with Gasteiger partial charge in [0.25, 0.3) is 0 Å². The molecule has 1 aromatic rings. The van der Waals surface area contributed by atoms with Crippen molar-refractivity contribution < 1.29 is 9.90 Å². The molecule has 0 heterocycles. The number of nitrogens with one attached hydrogen (secondary N) is 1. The summed E-state index contributed by atoms with van der Waals surface area (Å²) in [6.45, 7) is -0.242. The zero-order valence-corrected chi connectivity index (χ0v) is 9.43. The lowest BCUT2D eigenvalue weighted by Gasteiger charge is -2.12. The molecule has 0 saturated heterocycles. The zero-order chi connectivity index (χ0) is 12.0. The van der Waals surface area contributed by atoms with E-state index in [1.54, 1.807) is 26.2 Å². The molecule has 0 spiro atoms. The number of hydrogen-bond acceptors (Lipinski definition) is 1. The van der Waals surface area contributed by atoms with Gasteiger partial charge in [-0.2, -0.15) is 0 Å². The first-order valence-electron chi connectivity index (χ1n) is 4.96. The van der Waals surface area contributed by atoms with Gasteiger partial charge < -0.3 is 10.2 Å². The van der Waals surface area contributed by atoms with Gasteiger partial charge in [0, 0.05) is 19.8 Å². The van der Waals surface area contributed by atoms with Crippen molar-refractivity contribution in [3.63, 3.8) is 0 Å². The molecule has 1 radical (unpaired) electrons. The Morgan fingerprint density at radius 3 is 2.81 bits per heavy atom. The van der Waals surface area contributed by atoms with Gasteiger partial charge in [-0.3, -0.25) is 0 Å². The van der Waals surface area contributed by atoms with E-state index in [0.717, 1.165) is 5.56 Å². The number of carbonyl (C=O) groups is 1. The second kappa shape index (κ2) is 5.92. The van der Waals surface area contributed by atoms with E-state index in [1.165, 1.54) is 11.0 Å². The topological polar surface area (TPSA) is 52.2 Å². The van der Waals surface area contributed by atoms with Crippen LogP contribution in [0.4, 0.5) is 10.5 Å². The first-order chi connectivity index (χ1) is 7.63. The first kappa shape index (κ1) is 12.3. The minimum atomic E-state index is -0.242. The van der Waals surface area contributed by atoms with E-state index in [0.29, 0.717) is 5.69 Å². The lowest BCUT2D eigenvalue weighted by molar-refractivity contribution is 0.230. The second-order valence-electron chi connectivity index (χ2n) is 3.52.